The third kappa shape index (κ3) is 3.63. The molecular formula is C14H19N3O4S. The summed E-state index contributed by atoms with van der Waals surface area (Å²) in [5.74, 6) is -1.02. The highest BCUT2D eigenvalue weighted by Gasteiger charge is 2.27. The van der Waals surface area contributed by atoms with Gasteiger partial charge in [-0.3, -0.25) is 9.59 Å². The normalized spacial score (nSPS) is 19.3. The monoisotopic (exact) mass is 325 g/mol. The Morgan fingerprint density at radius 1 is 1.36 bits per heavy atom. The van der Waals surface area contributed by atoms with Crippen LogP contribution in [0.4, 0.5) is 0 Å². The van der Waals surface area contributed by atoms with Crippen molar-refractivity contribution in [1.29, 1.82) is 0 Å². The van der Waals surface area contributed by atoms with E-state index in [1.165, 1.54) is 18.2 Å². The Morgan fingerprint density at radius 3 is 2.77 bits per heavy atom. The van der Waals surface area contributed by atoms with E-state index in [4.69, 9.17) is 5.73 Å². The number of nitrogens with one attached hydrogen (secondary N) is 2. The molecule has 0 saturated carbocycles. The summed E-state index contributed by atoms with van der Waals surface area (Å²) in [6.07, 6.45) is 2.02. The molecule has 1 atom stereocenters. The number of sulfonamides is 1. The molecule has 120 valence electrons. The third-order valence-electron chi connectivity index (χ3n) is 3.62. The first-order valence-corrected chi connectivity index (χ1v) is 8.50. The molecule has 22 heavy (non-hydrogen) atoms. The Morgan fingerprint density at radius 2 is 2.09 bits per heavy atom. The fourth-order valence-electron chi connectivity index (χ4n) is 2.34. The first kappa shape index (κ1) is 16.4. The maximum absolute atomic E-state index is 12.4. The topological polar surface area (TPSA) is 118 Å². The van der Waals surface area contributed by atoms with E-state index in [2.05, 4.69) is 10.0 Å². The van der Waals surface area contributed by atoms with Crippen molar-refractivity contribution < 1.29 is 18.0 Å². The number of nitrogens with two attached hydrogens (primary N) is 1. The molecule has 0 spiro atoms. The number of carbonyl (C=O) groups excluding carboxylic acids is 2. The molecular weight excluding hydrogens is 306 g/mol. The van der Waals surface area contributed by atoms with Crippen molar-refractivity contribution >= 4 is 21.8 Å². The van der Waals surface area contributed by atoms with Gasteiger partial charge >= 0.3 is 0 Å². The van der Waals surface area contributed by atoms with Gasteiger partial charge in [0.25, 0.3) is 0 Å². The predicted molar refractivity (Wildman–Crippen MR) is 80.7 cm³/mol. The first-order chi connectivity index (χ1) is 10.3. The molecule has 0 aliphatic carbocycles. The van der Waals surface area contributed by atoms with Crippen LogP contribution in [0.15, 0.2) is 23.1 Å². The van der Waals surface area contributed by atoms with Crippen LogP contribution in [-0.4, -0.2) is 32.8 Å². The number of amides is 2. The van der Waals surface area contributed by atoms with Crippen LogP contribution < -0.4 is 15.8 Å². The van der Waals surface area contributed by atoms with Gasteiger partial charge in [-0.25, -0.2) is 8.42 Å². The van der Waals surface area contributed by atoms with Gasteiger partial charge in [0.2, 0.25) is 21.8 Å². The molecule has 1 saturated heterocycles. The zero-order valence-electron chi connectivity index (χ0n) is 12.3. The van der Waals surface area contributed by atoms with Gasteiger partial charge in [0.1, 0.15) is 6.04 Å². The molecule has 1 unspecified atom stereocenters. The lowest BCUT2D eigenvalue weighted by Gasteiger charge is -2.16. The molecule has 2 amide bonds. The van der Waals surface area contributed by atoms with Crippen molar-refractivity contribution in [2.45, 2.75) is 37.1 Å². The molecule has 8 heteroatoms. The molecule has 1 heterocycles. The van der Waals surface area contributed by atoms with E-state index in [0.29, 0.717) is 18.5 Å². The number of rotatable bonds is 4. The highest BCUT2D eigenvalue weighted by molar-refractivity contribution is 7.89. The van der Waals surface area contributed by atoms with Gasteiger partial charge in [-0.05, 0) is 43.9 Å². The van der Waals surface area contributed by atoms with Crippen molar-refractivity contribution in [2.75, 3.05) is 6.54 Å². The smallest absolute Gasteiger partial charge is 0.249 e. The number of hydrogen-bond donors (Lipinski definition) is 3. The van der Waals surface area contributed by atoms with E-state index >= 15 is 0 Å². The molecule has 1 aromatic rings. The summed E-state index contributed by atoms with van der Waals surface area (Å²) in [5.41, 5.74) is 5.98. The third-order valence-corrected chi connectivity index (χ3v) is 5.09. The molecule has 1 aromatic carbocycles. The minimum atomic E-state index is -3.90. The number of aryl methyl sites for hydroxylation is 1. The van der Waals surface area contributed by atoms with Gasteiger partial charge in [-0.15, -0.1) is 0 Å². The maximum atomic E-state index is 12.4. The number of benzene rings is 1. The molecule has 1 fully saturated rings. The second-order valence-electron chi connectivity index (χ2n) is 5.30. The van der Waals surface area contributed by atoms with Crippen LogP contribution in [0.2, 0.25) is 0 Å². The fraction of sp³-hybridized carbons (Fsp3) is 0.429. The van der Waals surface area contributed by atoms with Gasteiger partial charge in [0, 0.05) is 12.1 Å². The van der Waals surface area contributed by atoms with Crippen LogP contribution in [0.25, 0.3) is 0 Å². The average Bonchev–Trinajstić information content (AvgIpc) is 2.63. The van der Waals surface area contributed by atoms with E-state index in [1.54, 1.807) is 6.92 Å². The zero-order chi connectivity index (χ0) is 16.3. The maximum Gasteiger partial charge on any atom is 0.249 e. The lowest BCUT2D eigenvalue weighted by molar-refractivity contribution is -0.122. The van der Waals surface area contributed by atoms with Crippen molar-refractivity contribution in [1.82, 2.24) is 10.0 Å². The minimum Gasteiger partial charge on any atom is -0.366 e. The molecule has 1 aliphatic rings. The largest absolute Gasteiger partial charge is 0.366 e. The summed E-state index contributed by atoms with van der Waals surface area (Å²) in [4.78, 5) is 23.1. The molecule has 0 bridgehead atoms. The van der Waals surface area contributed by atoms with E-state index < -0.39 is 22.0 Å². The lowest BCUT2D eigenvalue weighted by Crippen LogP contribution is -2.45. The van der Waals surface area contributed by atoms with Crippen LogP contribution in [-0.2, 0) is 14.8 Å². The van der Waals surface area contributed by atoms with E-state index in [1.807, 2.05) is 0 Å². The Bertz CT molecular complexity index is 700. The molecule has 7 nitrogen and oxygen atoms in total. The Hall–Kier alpha value is -1.93. The highest BCUT2D eigenvalue weighted by Crippen LogP contribution is 2.17. The van der Waals surface area contributed by atoms with Gasteiger partial charge in [-0.2, -0.15) is 4.72 Å². The lowest BCUT2D eigenvalue weighted by atomic mass is 10.1. The Kier molecular flexibility index (Phi) is 4.82. The standard InChI is InChI=1S/C14H19N3O4S/c1-9-5-6-10(8-11(9)13(15)18)22(20,21)17-12-4-2-3-7-16-14(12)19/h5-6,8,12,17H,2-4,7H2,1H3,(H2,15,18)(H,16,19). The quantitative estimate of drug-likeness (QED) is 0.724. The molecule has 4 N–H and O–H groups in total. The first-order valence-electron chi connectivity index (χ1n) is 7.02. The van der Waals surface area contributed by atoms with E-state index in [9.17, 15) is 18.0 Å². The average molecular weight is 325 g/mol. The summed E-state index contributed by atoms with van der Waals surface area (Å²) in [6.45, 7) is 2.22. The second-order valence-corrected chi connectivity index (χ2v) is 7.02. The minimum absolute atomic E-state index is 0.0797. The highest BCUT2D eigenvalue weighted by atomic mass is 32.2. The summed E-state index contributed by atoms with van der Waals surface area (Å²) in [6, 6.07) is 3.33. The summed E-state index contributed by atoms with van der Waals surface area (Å²) >= 11 is 0. The van der Waals surface area contributed by atoms with Crippen molar-refractivity contribution in [3.63, 3.8) is 0 Å². The van der Waals surface area contributed by atoms with Crippen LogP contribution in [0.1, 0.15) is 35.2 Å². The van der Waals surface area contributed by atoms with Crippen molar-refractivity contribution in [3.8, 4) is 0 Å². The summed E-state index contributed by atoms with van der Waals surface area (Å²) < 4.78 is 27.2. The zero-order valence-corrected chi connectivity index (χ0v) is 13.1. The van der Waals surface area contributed by atoms with Crippen molar-refractivity contribution in [3.05, 3.63) is 29.3 Å². The van der Waals surface area contributed by atoms with Gasteiger partial charge < -0.3 is 11.1 Å². The molecule has 1 aliphatic heterocycles. The van der Waals surface area contributed by atoms with Gasteiger partial charge in [0.05, 0.1) is 4.90 Å². The Balaban J connectivity index is 2.28. The van der Waals surface area contributed by atoms with Crippen LogP contribution in [0, 0.1) is 6.92 Å². The number of hydrogen-bond acceptors (Lipinski definition) is 4. The SMILES string of the molecule is Cc1ccc(S(=O)(=O)NC2CCCCNC2=O)cc1C(N)=O. The number of carbonyl (C=O) groups is 2. The molecule has 0 aromatic heterocycles. The van der Waals surface area contributed by atoms with E-state index in [0.717, 1.165) is 12.8 Å². The molecule has 2 rings (SSSR count). The van der Waals surface area contributed by atoms with Gasteiger partial charge in [-0.1, -0.05) is 6.07 Å². The summed E-state index contributed by atoms with van der Waals surface area (Å²) in [7, 11) is -3.90. The van der Waals surface area contributed by atoms with E-state index in [-0.39, 0.29) is 16.4 Å². The summed E-state index contributed by atoms with van der Waals surface area (Å²) in [5, 5.41) is 2.67. The Labute approximate surface area is 129 Å². The fourth-order valence-corrected chi connectivity index (χ4v) is 3.60. The second kappa shape index (κ2) is 6.45. The van der Waals surface area contributed by atoms with Gasteiger partial charge in [0.15, 0.2) is 0 Å². The number of primary amides is 1. The molecule has 0 radical (unpaired) electrons. The predicted octanol–water partition coefficient (Wildman–Crippen LogP) is 0.0409. The van der Waals surface area contributed by atoms with Crippen LogP contribution in [0.5, 0.6) is 0 Å². The van der Waals surface area contributed by atoms with Crippen LogP contribution in [0.3, 0.4) is 0 Å². The van der Waals surface area contributed by atoms with Crippen LogP contribution >= 0.6 is 0 Å². The van der Waals surface area contributed by atoms with Crippen molar-refractivity contribution in [2.24, 2.45) is 5.73 Å².